The summed E-state index contributed by atoms with van der Waals surface area (Å²) in [6, 6.07) is 7.34. The fourth-order valence-electron chi connectivity index (χ4n) is 7.88. The lowest BCUT2D eigenvalue weighted by atomic mass is 9.70. The first-order chi connectivity index (χ1) is 23.8. The first-order valence-corrected chi connectivity index (χ1v) is 17.2. The van der Waals surface area contributed by atoms with Crippen molar-refractivity contribution in [3.63, 3.8) is 0 Å². The number of rotatable bonds is 18. The summed E-state index contributed by atoms with van der Waals surface area (Å²) in [7, 11) is 1.50. The lowest BCUT2D eigenvalue weighted by Gasteiger charge is -2.37. The second-order valence-electron chi connectivity index (χ2n) is 13.1. The van der Waals surface area contributed by atoms with Gasteiger partial charge in [0.05, 0.1) is 50.4 Å². The minimum Gasteiger partial charge on any atom is -0.455 e. The molecule has 0 saturated carbocycles. The Kier molecular flexibility index (Phi) is 12.6. The number of nitrogens with zero attached hydrogens (tertiary/aromatic N) is 3. The predicted molar refractivity (Wildman–Crippen MR) is 179 cm³/mol. The van der Waals surface area contributed by atoms with Crippen LogP contribution in [0.25, 0.3) is 0 Å². The van der Waals surface area contributed by atoms with E-state index in [4.69, 9.17) is 18.9 Å². The number of amides is 3. The van der Waals surface area contributed by atoms with Gasteiger partial charge in [0, 0.05) is 52.8 Å². The van der Waals surface area contributed by atoms with Crippen molar-refractivity contribution in [3.8, 4) is 0 Å². The third-order valence-corrected chi connectivity index (χ3v) is 10.1. The standard InChI is InChI=1S/C36H50N4O9/c1-4-6-12-28(42)37-26(24-46-3)31(25-10-8-7-9-11-25)48-35(45)29-27-13-14-36(49-27)30(29)33(43)40(18-21-41)32(36)34(44)39(15-5-2)17-16-38-19-22-47-23-20-38/h4-5,7-11,26-27,29-32,41H,1-2,6,12-24H2,3H3,(H,37,42)/t26-,27-,29+,30+,31-,32-,36+/m1/s1. The molecule has 1 aromatic carbocycles. The monoisotopic (exact) mass is 682 g/mol. The van der Waals surface area contributed by atoms with Crippen molar-refractivity contribution in [2.24, 2.45) is 11.8 Å². The number of esters is 1. The Morgan fingerprint density at radius 2 is 1.92 bits per heavy atom. The van der Waals surface area contributed by atoms with Crippen LogP contribution in [0.2, 0.25) is 0 Å². The highest BCUT2D eigenvalue weighted by molar-refractivity contribution is 5.98. The lowest BCUT2D eigenvalue weighted by molar-refractivity contribution is -0.163. The lowest BCUT2D eigenvalue weighted by Crippen LogP contribution is -2.57. The molecule has 4 fully saturated rings. The number of morpholine rings is 1. The largest absolute Gasteiger partial charge is 0.455 e. The highest BCUT2D eigenvalue weighted by atomic mass is 16.6. The molecule has 4 heterocycles. The summed E-state index contributed by atoms with van der Waals surface area (Å²) >= 11 is 0. The third-order valence-electron chi connectivity index (χ3n) is 10.1. The number of fused-ring (bicyclic) bond motifs is 1. The molecule has 49 heavy (non-hydrogen) atoms. The van der Waals surface area contributed by atoms with Crippen molar-refractivity contribution < 1.29 is 43.2 Å². The summed E-state index contributed by atoms with van der Waals surface area (Å²) in [5, 5.41) is 13.0. The SMILES string of the molecule is C=CCCC(=O)N[C@H](COC)[C@H](OC(=O)[C@@H]1[C@H]2C(=O)N(CCO)[C@H](C(=O)N(CC=C)CCN3CCOCC3)[C@]23CC[C@H]1O3)c1ccccc1. The van der Waals surface area contributed by atoms with E-state index in [1.807, 2.05) is 18.2 Å². The van der Waals surface area contributed by atoms with Gasteiger partial charge >= 0.3 is 5.97 Å². The predicted octanol–water partition coefficient (Wildman–Crippen LogP) is 1.08. The van der Waals surface area contributed by atoms with E-state index in [-0.39, 0.29) is 44.5 Å². The minimum atomic E-state index is -1.25. The zero-order valence-corrected chi connectivity index (χ0v) is 28.4. The Bertz CT molecular complexity index is 1340. The fraction of sp³-hybridized carbons (Fsp3) is 0.611. The number of nitrogens with one attached hydrogen (secondary N) is 1. The molecule has 2 N–H and O–H groups in total. The van der Waals surface area contributed by atoms with Gasteiger partial charge in [-0.2, -0.15) is 0 Å². The van der Waals surface area contributed by atoms with Crippen LogP contribution < -0.4 is 5.32 Å². The van der Waals surface area contributed by atoms with Crippen LogP contribution >= 0.6 is 0 Å². The van der Waals surface area contributed by atoms with Crippen molar-refractivity contribution in [2.75, 3.05) is 72.8 Å². The quantitative estimate of drug-likeness (QED) is 0.170. The van der Waals surface area contributed by atoms with E-state index in [1.165, 1.54) is 12.0 Å². The maximum atomic E-state index is 14.4. The van der Waals surface area contributed by atoms with Gasteiger partial charge in [-0.15, -0.1) is 13.2 Å². The zero-order valence-electron chi connectivity index (χ0n) is 28.4. The maximum Gasteiger partial charge on any atom is 0.313 e. The summed E-state index contributed by atoms with van der Waals surface area (Å²) in [6.07, 6.45) is 3.32. The normalized spacial score (nSPS) is 27.3. The summed E-state index contributed by atoms with van der Waals surface area (Å²) in [5.74, 6) is -3.54. The minimum absolute atomic E-state index is 0.0635. The van der Waals surface area contributed by atoms with Crippen molar-refractivity contribution in [2.45, 2.75) is 55.6 Å². The molecular weight excluding hydrogens is 632 g/mol. The van der Waals surface area contributed by atoms with Crippen LogP contribution in [0.1, 0.15) is 37.4 Å². The highest BCUT2D eigenvalue weighted by Gasteiger charge is 2.75. The number of hydrogen-bond donors (Lipinski definition) is 2. The second-order valence-corrected chi connectivity index (χ2v) is 13.1. The molecule has 0 radical (unpaired) electrons. The van der Waals surface area contributed by atoms with Crippen LogP contribution in [-0.2, 0) is 38.1 Å². The number of allylic oxidation sites excluding steroid dienone is 1. The van der Waals surface area contributed by atoms with Crippen LogP contribution in [0.4, 0.5) is 0 Å². The van der Waals surface area contributed by atoms with Gasteiger partial charge in [-0.1, -0.05) is 42.5 Å². The zero-order chi connectivity index (χ0) is 35.0. The number of aliphatic hydroxyl groups is 1. The molecule has 1 spiro atoms. The van der Waals surface area contributed by atoms with E-state index in [2.05, 4.69) is 23.4 Å². The Morgan fingerprint density at radius 3 is 2.59 bits per heavy atom. The van der Waals surface area contributed by atoms with Gasteiger partial charge in [0.1, 0.15) is 17.7 Å². The first-order valence-electron chi connectivity index (χ1n) is 17.2. The summed E-state index contributed by atoms with van der Waals surface area (Å²) in [5.41, 5.74) is -0.600. The van der Waals surface area contributed by atoms with Crippen LogP contribution in [0.3, 0.4) is 0 Å². The molecule has 13 heteroatoms. The fourth-order valence-corrected chi connectivity index (χ4v) is 7.88. The van der Waals surface area contributed by atoms with Gasteiger partial charge in [0.2, 0.25) is 17.7 Å². The second kappa shape index (κ2) is 16.9. The van der Waals surface area contributed by atoms with E-state index < -0.39 is 53.6 Å². The van der Waals surface area contributed by atoms with Crippen molar-refractivity contribution >= 4 is 23.7 Å². The summed E-state index contributed by atoms with van der Waals surface area (Å²) < 4.78 is 23.7. The number of β-amino-alcohol motifs (C(OH)–C–C–N with tert-alkyl or cyclic N) is 1. The number of likely N-dealkylation sites (tertiary alicyclic amines) is 1. The van der Waals surface area contributed by atoms with E-state index in [0.717, 1.165) is 13.1 Å². The Labute approximate surface area is 288 Å². The molecule has 3 amide bonds. The number of benzene rings is 1. The molecule has 13 nitrogen and oxygen atoms in total. The number of methoxy groups -OCH3 is 1. The molecule has 0 aromatic heterocycles. The van der Waals surface area contributed by atoms with Gasteiger partial charge in [-0.25, -0.2) is 0 Å². The Balaban J connectivity index is 1.41. The van der Waals surface area contributed by atoms with Crippen molar-refractivity contribution in [3.05, 3.63) is 61.2 Å². The van der Waals surface area contributed by atoms with Crippen LogP contribution in [-0.4, -0.2) is 140 Å². The summed E-state index contributed by atoms with van der Waals surface area (Å²) in [4.78, 5) is 61.1. The van der Waals surface area contributed by atoms with Crippen molar-refractivity contribution in [1.29, 1.82) is 0 Å². The van der Waals surface area contributed by atoms with E-state index >= 15 is 0 Å². The average molecular weight is 683 g/mol. The van der Waals surface area contributed by atoms with E-state index in [0.29, 0.717) is 51.1 Å². The van der Waals surface area contributed by atoms with Crippen LogP contribution in [0.15, 0.2) is 55.6 Å². The molecule has 4 aliphatic heterocycles. The van der Waals surface area contributed by atoms with Gasteiger partial charge in [0.15, 0.2) is 0 Å². The van der Waals surface area contributed by atoms with E-state index in [1.54, 1.807) is 29.2 Å². The number of carbonyl (C=O) groups is 4. The summed E-state index contributed by atoms with van der Waals surface area (Å²) in [6.45, 7) is 11.3. The van der Waals surface area contributed by atoms with Crippen molar-refractivity contribution in [1.82, 2.24) is 20.0 Å². The molecule has 0 aliphatic carbocycles. The van der Waals surface area contributed by atoms with Gasteiger partial charge in [-0.05, 0) is 24.8 Å². The molecule has 268 valence electrons. The number of ether oxygens (including phenoxy) is 4. The van der Waals surface area contributed by atoms with E-state index in [9.17, 15) is 24.3 Å². The third kappa shape index (κ3) is 7.76. The molecule has 2 bridgehead atoms. The van der Waals surface area contributed by atoms with Crippen LogP contribution in [0.5, 0.6) is 0 Å². The Morgan fingerprint density at radius 1 is 1.16 bits per heavy atom. The number of aliphatic hydroxyl groups excluding tert-OH is 1. The number of carbonyl (C=O) groups excluding carboxylic acids is 4. The number of hydrogen-bond acceptors (Lipinski definition) is 10. The molecular formula is C36H50N4O9. The smallest absolute Gasteiger partial charge is 0.313 e. The first kappa shape index (κ1) is 36.7. The molecule has 5 rings (SSSR count). The average Bonchev–Trinajstić information content (AvgIpc) is 3.76. The molecule has 4 aliphatic rings. The molecule has 4 saturated heterocycles. The highest BCUT2D eigenvalue weighted by Crippen LogP contribution is 2.59. The van der Waals surface area contributed by atoms with Gasteiger partial charge in [0.25, 0.3) is 0 Å². The van der Waals surface area contributed by atoms with Crippen LogP contribution in [0, 0.1) is 11.8 Å². The molecule has 1 aromatic rings. The Hall–Kier alpha value is -3.62. The maximum absolute atomic E-state index is 14.4. The topological polar surface area (TPSA) is 147 Å². The van der Waals surface area contributed by atoms with Gasteiger partial charge in [-0.3, -0.25) is 24.1 Å². The molecule has 7 atom stereocenters. The molecule has 0 unspecified atom stereocenters. The van der Waals surface area contributed by atoms with Gasteiger partial charge < -0.3 is 39.2 Å².